The minimum Gasteiger partial charge on any atom is -0.472 e. The summed E-state index contributed by atoms with van der Waals surface area (Å²) in [7, 11) is 0. The van der Waals surface area contributed by atoms with E-state index in [0.717, 1.165) is 30.4 Å². The summed E-state index contributed by atoms with van der Waals surface area (Å²) in [6, 6.07) is 7.87. The topological polar surface area (TPSA) is 38.2 Å². The van der Waals surface area contributed by atoms with Crippen LogP contribution in [0.1, 0.15) is 25.7 Å². The normalized spacial score (nSPS) is 16.7. The van der Waals surface area contributed by atoms with E-state index in [2.05, 4.69) is 21.4 Å². The highest BCUT2D eigenvalue weighted by atomic mass is 16.5. The number of ether oxygens (including phenoxy) is 1. The van der Waals surface area contributed by atoms with Crippen LogP contribution in [0.25, 0.3) is 11.0 Å². The Balaban J connectivity index is 1.70. The van der Waals surface area contributed by atoms with Crippen LogP contribution in [0.4, 0.5) is 0 Å². The van der Waals surface area contributed by atoms with Crippen molar-refractivity contribution in [1.82, 2.24) is 14.9 Å². The SMILES string of the molecule is C=CCC[C@H](CN1CCCC1)Oc1cnc2ccccc2n1. The molecule has 1 fully saturated rings. The van der Waals surface area contributed by atoms with E-state index in [9.17, 15) is 0 Å². The van der Waals surface area contributed by atoms with E-state index in [1.807, 2.05) is 30.3 Å². The van der Waals surface area contributed by atoms with Crippen LogP contribution in [0, 0.1) is 0 Å². The van der Waals surface area contributed by atoms with Crippen molar-refractivity contribution in [2.45, 2.75) is 31.8 Å². The second kappa shape index (κ2) is 7.36. The molecule has 1 aliphatic heterocycles. The van der Waals surface area contributed by atoms with E-state index in [0.29, 0.717) is 5.88 Å². The van der Waals surface area contributed by atoms with E-state index >= 15 is 0 Å². The molecule has 1 atom stereocenters. The average molecular weight is 297 g/mol. The number of para-hydroxylation sites is 2. The molecule has 1 aliphatic rings. The molecule has 0 bridgehead atoms. The van der Waals surface area contributed by atoms with Gasteiger partial charge in [-0.15, -0.1) is 6.58 Å². The highest BCUT2D eigenvalue weighted by Gasteiger charge is 2.19. The number of aromatic nitrogens is 2. The molecule has 1 saturated heterocycles. The molecule has 2 heterocycles. The molecule has 0 N–H and O–H groups in total. The fourth-order valence-electron chi connectivity index (χ4n) is 2.91. The van der Waals surface area contributed by atoms with Crippen molar-refractivity contribution in [3.8, 4) is 5.88 Å². The van der Waals surface area contributed by atoms with Crippen LogP contribution in [-0.4, -0.2) is 40.6 Å². The predicted molar refractivity (Wildman–Crippen MR) is 89.1 cm³/mol. The fourth-order valence-corrected chi connectivity index (χ4v) is 2.91. The van der Waals surface area contributed by atoms with Crippen LogP contribution in [0.15, 0.2) is 43.1 Å². The van der Waals surface area contributed by atoms with Gasteiger partial charge in [0.05, 0.1) is 17.2 Å². The summed E-state index contributed by atoms with van der Waals surface area (Å²) in [4.78, 5) is 11.5. The van der Waals surface area contributed by atoms with Crippen LogP contribution < -0.4 is 4.74 Å². The third-order valence-electron chi connectivity index (χ3n) is 4.07. The monoisotopic (exact) mass is 297 g/mol. The van der Waals surface area contributed by atoms with E-state index in [4.69, 9.17) is 4.74 Å². The van der Waals surface area contributed by atoms with Gasteiger partial charge in [0.1, 0.15) is 6.10 Å². The van der Waals surface area contributed by atoms with Crippen molar-refractivity contribution in [1.29, 1.82) is 0 Å². The lowest BCUT2D eigenvalue weighted by atomic mass is 10.2. The lowest BCUT2D eigenvalue weighted by molar-refractivity contribution is 0.134. The van der Waals surface area contributed by atoms with Crippen molar-refractivity contribution in [3.63, 3.8) is 0 Å². The highest BCUT2D eigenvalue weighted by molar-refractivity contribution is 5.73. The fraction of sp³-hybridized carbons (Fsp3) is 0.444. The Hall–Kier alpha value is -1.94. The van der Waals surface area contributed by atoms with Gasteiger partial charge in [0.25, 0.3) is 0 Å². The van der Waals surface area contributed by atoms with Crippen molar-refractivity contribution in [2.24, 2.45) is 0 Å². The van der Waals surface area contributed by atoms with Crippen molar-refractivity contribution in [3.05, 3.63) is 43.1 Å². The zero-order valence-electron chi connectivity index (χ0n) is 12.9. The number of nitrogens with zero attached hydrogens (tertiary/aromatic N) is 3. The molecule has 0 amide bonds. The van der Waals surface area contributed by atoms with E-state index < -0.39 is 0 Å². The third-order valence-corrected chi connectivity index (χ3v) is 4.07. The first-order valence-corrected chi connectivity index (χ1v) is 8.07. The summed E-state index contributed by atoms with van der Waals surface area (Å²) in [6.45, 7) is 7.13. The van der Waals surface area contributed by atoms with Crippen LogP contribution in [-0.2, 0) is 0 Å². The van der Waals surface area contributed by atoms with E-state index in [1.165, 1.54) is 25.9 Å². The van der Waals surface area contributed by atoms with Gasteiger partial charge >= 0.3 is 0 Å². The molecule has 2 aromatic rings. The van der Waals surface area contributed by atoms with Crippen molar-refractivity contribution >= 4 is 11.0 Å². The summed E-state index contributed by atoms with van der Waals surface area (Å²) in [6.07, 6.45) is 8.34. The Bertz CT molecular complexity index is 623. The number of hydrogen-bond acceptors (Lipinski definition) is 4. The van der Waals surface area contributed by atoms with Crippen molar-refractivity contribution in [2.75, 3.05) is 19.6 Å². The maximum Gasteiger partial charge on any atom is 0.233 e. The predicted octanol–water partition coefficient (Wildman–Crippen LogP) is 3.44. The quantitative estimate of drug-likeness (QED) is 0.734. The summed E-state index contributed by atoms with van der Waals surface area (Å²) in [5.74, 6) is 0.618. The molecule has 0 unspecified atom stereocenters. The molecule has 116 valence electrons. The van der Waals surface area contributed by atoms with Gasteiger partial charge in [0.15, 0.2) is 0 Å². The number of hydrogen-bond donors (Lipinski definition) is 0. The largest absolute Gasteiger partial charge is 0.472 e. The summed E-state index contributed by atoms with van der Waals surface area (Å²) in [5, 5.41) is 0. The first-order valence-electron chi connectivity index (χ1n) is 8.07. The number of benzene rings is 1. The number of rotatable bonds is 7. The molecule has 1 aromatic heterocycles. The Morgan fingerprint density at radius 1 is 1.23 bits per heavy atom. The molecule has 3 rings (SSSR count). The van der Waals surface area contributed by atoms with Gasteiger partial charge in [-0.3, -0.25) is 4.90 Å². The standard InChI is InChI=1S/C18H23N3O/c1-2-3-8-15(14-21-11-6-7-12-21)22-18-13-19-16-9-4-5-10-17(16)20-18/h2,4-5,9-10,13,15H,1,3,6-8,11-12,14H2/t15-/m1/s1. The van der Waals surface area contributed by atoms with Crippen LogP contribution in [0.2, 0.25) is 0 Å². The lowest BCUT2D eigenvalue weighted by Crippen LogP contribution is -2.34. The van der Waals surface area contributed by atoms with E-state index in [1.54, 1.807) is 6.20 Å². The summed E-state index contributed by atoms with van der Waals surface area (Å²) >= 11 is 0. The third kappa shape index (κ3) is 3.83. The molecule has 22 heavy (non-hydrogen) atoms. The van der Waals surface area contributed by atoms with Gasteiger partial charge in [0, 0.05) is 6.54 Å². The molecule has 1 aromatic carbocycles. The maximum atomic E-state index is 6.12. The molecule has 4 nitrogen and oxygen atoms in total. The van der Waals surface area contributed by atoms with Crippen LogP contribution in [0.5, 0.6) is 5.88 Å². The number of fused-ring (bicyclic) bond motifs is 1. The van der Waals surface area contributed by atoms with Gasteiger partial charge in [-0.25, -0.2) is 9.97 Å². The zero-order valence-corrected chi connectivity index (χ0v) is 12.9. The van der Waals surface area contributed by atoms with Gasteiger partial charge in [-0.05, 0) is 50.9 Å². The molecule has 0 spiro atoms. The van der Waals surface area contributed by atoms with Crippen LogP contribution in [0.3, 0.4) is 0 Å². The number of allylic oxidation sites excluding steroid dienone is 1. The van der Waals surface area contributed by atoms with Gasteiger partial charge in [-0.2, -0.15) is 0 Å². The highest BCUT2D eigenvalue weighted by Crippen LogP contribution is 2.17. The van der Waals surface area contributed by atoms with Gasteiger partial charge < -0.3 is 4.74 Å². The Morgan fingerprint density at radius 3 is 2.77 bits per heavy atom. The summed E-state index contributed by atoms with van der Waals surface area (Å²) in [5.41, 5.74) is 1.78. The molecule has 0 aliphatic carbocycles. The second-order valence-corrected chi connectivity index (χ2v) is 5.81. The molecular weight excluding hydrogens is 274 g/mol. The smallest absolute Gasteiger partial charge is 0.233 e. The minimum absolute atomic E-state index is 0.145. The van der Waals surface area contributed by atoms with Crippen LogP contribution >= 0.6 is 0 Å². The molecule has 0 radical (unpaired) electrons. The molecule has 0 saturated carbocycles. The Morgan fingerprint density at radius 2 is 2.00 bits per heavy atom. The molecular formula is C18H23N3O. The second-order valence-electron chi connectivity index (χ2n) is 5.81. The Labute approximate surface area is 131 Å². The zero-order chi connectivity index (χ0) is 15.2. The van der Waals surface area contributed by atoms with Gasteiger partial charge in [0.2, 0.25) is 5.88 Å². The first kappa shape index (κ1) is 15.0. The Kier molecular flexibility index (Phi) is 5.01. The first-order chi connectivity index (χ1) is 10.8. The summed E-state index contributed by atoms with van der Waals surface area (Å²) < 4.78 is 6.12. The average Bonchev–Trinajstić information content (AvgIpc) is 3.05. The van der Waals surface area contributed by atoms with E-state index in [-0.39, 0.29) is 6.10 Å². The maximum absolute atomic E-state index is 6.12. The molecule has 4 heteroatoms. The lowest BCUT2D eigenvalue weighted by Gasteiger charge is -2.23. The van der Waals surface area contributed by atoms with Gasteiger partial charge in [-0.1, -0.05) is 18.2 Å². The van der Waals surface area contributed by atoms with Crippen molar-refractivity contribution < 1.29 is 4.74 Å². The number of likely N-dealkylation sites (tertiary alicyclic amines) is 1. The minimum atomic E-state index is 0.145.